The first-order chi connectivity index (χ1) is 18.9. The molecule has 0 aliphatic carbocycles. The maximum atomic E-state index is 13.3. The minimum atomic E-state index is -0.320. The van der Waals surface area contributed by atoms with E-state index in [1.54, 1.807) is 7.05 Å². The Morgan fingerprint density at radius 2 is 1.97 bits per heavy atom. The number of hydrogen-bond acceptors (Lipinski definition) is 8. The summed E-state index contributed by atoms with van der Waals surface area (Å²) in [6.07, 6.45) is 2.33. The number of benzene rings is 2. The quantitative estimate of drug-likeness (QED) is 0.317. The van der Waals surface area contributed by atoms with Crippen molar-refractivity contribution < 1.29 is 14.0 Å². The summed E-state index contributed by atoms with van der Waals surface area (Å²) < 4.78 is 19.6. The molecule has 4 heterocycles. The van der Waals surface area contributed by atoms with Crippen molar-refractivity contribution in [1.82, 2.24) is 14.7 Å². The van der Waals surface area contributed by atoms with E-state index in [-0.39, 0.29) is 23.1 Å². The molecule has 2 aromatic heterocycles. The molecular weight excluding hydrogens is 562 g/mol. The number of aromatic nitrogens is 3. The lowest BCUT2D eigenvalue weighted by molar-refractivity contribution is 0.141. The van der Waals surface area contributed by atoms with Gasteiger partial charge in [0.15, 0.2) is 0 Å². The Hall–Kier alpha value is -3.68. The molecule has 0 amide bonds. The van der Waals surface area contributed by atoms with Crippen LogP contribution in [0.15, 0.2) is 50.2 Å². The van der Waals surface area contributed by atoms with Crippen LogP contribution in [0.3, 0.4) is 0 Å². The molecule has 2 aliphatic rings. The number of ether oxygens (including phenoxy) is 2. The van der Waals surface area contributed by atoms with Crippen molar-refractivity contribution in [1.29, 1.82) is 5.26 Å². The fraction of sp³-hybridized carbons (Fsp3) is 0.379. The Bertz CT molecular complexity index is 1640. The average Bonchev–Trinajstić information content (AvgIpc) is 3.65. The molecule has 0 radical (unpaired) electrons. The minimum Gasteiger partial charge on any atom is -0.487 e. The number of rotatable bonds is 5. The molecule has 39 heavy (non-hydrogen) atoms. The number of pyridine rings is 1. The second kappa shape index (κ2) is 10.5. The molecule has 0 saturated carbocycles. The smallest absolute Gasteiger partial charge is 0.270 e. The van der Waals surface area contributed by atoms with Crippen molar-refractivity contribution in [2.24, 2.45) is 7.05 Å². The summed E-state index contributed by atoms with van der Waals surface area (Å²) in [7, 11) is 1.69. The molecule has 4 aromatic rings. The molecule has 9 nitrogen and oxygen atoms in total. The lowest BCUT2D eigenvalue weighted by Crippen LogP contribution is -2.36. The van der Waals surface area contributed by atoms with Gasteiger partial charge in [0.05, 0.1) is 28.9 Å². The highest BCUT2D eigenvalue weighted by molar-refractivity contribution is 9.10. The van der Waals surface area contributed by atoms with Crippen molar-refractivity contribution in [3.63, 3.8) is 0 Å². The summed E-state index contributed by atoms with van der Waals surface area (Å²) in [5, 5.41) is 15.1. The van der Waals surface area contributed by atoms with Gasteiger partial charge in [-0.3, -0.25) is 4.79 Å². The van der Waals surface area contributed by atoms with E-state index in [0.29, 0.717) is 55.0 Å². The van der Waals surface area contributed by atoms with E-state index in [9.17, 15) is 10.1 Å². The number of hydrogen-bond donors (Lipinski definition) is 0. The zero-order valence-electron chi connectivity index (χ0n) is 21.8. The molecule has 1 unspecified atom stereocenters. The van der Waals surface area contributed by atoms with Crippen LogP contribution in [0.5, 0.6) is 5.75 Å². The first-order valence-electron chi connectivity index (χ1n) is 13.1. The van der Waals surface area contributed by atoms with Crippen LogP contribution in [0.1, 0.15) is 42.2 Å². The molecule has 0 N–H and O–H groups in total. The first kappa shape index (κ1) is 25.6. The van der Waals surface area contributed by atoms with Crippen LogP contribution in [0.25, 0.3) is 22.3 Å². The lowest BCUT2D eigenvalue weighted by atomic mass is 9.95. The second-order valence-electron chi connectivity index (χ2n) is 10.1. The molecule has 2 aromatic carbocycles. The highest BCUT2D eigenvalue weighted by atomic mass is 79.9. The lowest BCUT2D eigenvalue weighted by Gasteiger charge is -2.33. The Morgan fingerprint density at radius 3 is 2.69 bits per heavy atom. The fourth-order valence-corrected chi connectivity index (χ4v) is 5.95. The Balaban J connectivity index is 1.30. The van der Waals surface area contributed by atoms with Crippen molar-refractivity contribution in [3.05, 3.63) is 68.2 Å². The third-order valence-electron chi connectivity index (χ3n) is 7.70. The molecule has 10 heteroatoms. The predicted molar refractivity (Wildman–Crippen MR) is 150 cm³/mol. The van der Waals surface area contributed by atoms with Crippen LogP contribution in [0.4, 0.5) is 5.69 Å². The van der Waals surface area contributed by atoms with E-state index >= 15 is 0 Å². The summed E-state index contributed by atoms with van der Waals surface area (Å²) in [6.45, 7) is 4.56. The van der Waals surface area contributed by atoms with E-state index in [1.807, 2.05) is 43.3 Å². The third kappa shape index (κ3) is 4.70. The average molecular weight is 590 g/mol. The van der Waals surface area contributed by atoms with E-state index in [2.05, 4.69) is 32.1 Å². The van der Waals surface area contributed by atoms with Gasteiger partial charge in [0.25, 0.3) is 5.56 Å². The molecular formula is C29H28BrN5O4. The zero-order valence-corrected chi connectivity index (χ0v) is 23.4. The Labute approximate surface area is 234 Å². The summed E-state index contributed by atoms with van der Waals surface area (Å²) in [6, 6.07) is 14.0. The number of nitriles is 1. The van der Waals surface area contributed by atoms with Gasteiger partial charge >= 0.3 is 0 Å². The number of piperidine rings is 1. The van der Waals surface area contributed by atoms with Crippen molar-refractivity contribution >= 4 is 32.5 Å². The van der Waals surface area contributed by atoms with Crippen LogP contribution in [-0.2, 0) is 11.8 Å². The van der Waals surface area contributed by atoms with Crippen LogP contribution in [0, 0.1) is 18.3 Å². The van der Waals surface area contributed by atoms with Crippen LogP contribution < -0.4 is 15.2 Å². The fourth-order valence-electron chi connectivity index (χ4n) is 5.51. The van der Waals surface area contributed by atoms with E-state index in [4.69, 9.17) is 19.0 Å². The highest BCUT2D eigenvalue weighted by Crippen LogP contribution is 2.39. The van der Waals surface area contributed by atoms with Gasteiger partial charge in [0.1, 0.15) is 23.5 Å². The third-order valence-corrected chi connectivity index (χ3v) is 8.32. The highest BCUT2D eigenvalue weighted by Gasteiger charge is 2.30. The number of fused-ring (bicyclic) bond motifs is 1. The topological polar surface area (TPSA) is 106 Å². The molecule has 1 atom stereocenters. The summed E-state index contributed by atoms with van der Waals surface area (Å²) in [5.41, 5.74) is 3.26. The van der Waals surface area contributed by atoms with Gasteiger partial charge in [-0.05, 0) is 47.3 Å². The van der Waals surface area contributed by atoms with Gasteiger partial charge in [-0.2, -0.15) is 10.2 Å². The summed E-state index contributed by atoms with van der Waals surface area (Å²) >= 11 is 3.66. The van der Waals surface area contributed by atoms with Crippen LogP contribution in [0.2, 0.25) is 0 Å². The van der Waals surface area contributed by atoms with Gasteiger partial charge in [0.2, 0.25) is 11.7 Å². The molecule has 2 fully saturated rings. The predicted octanol–water partition coefficient (Wildman–Crippen LogP) is 5.08. The SMILES string of the molecule is Cc1ccccc1-c1noc(C2CCN(c3c(C#N)c(=O)n(C)c4cc(OC5CCOC5)c(Br)cc34)CC2)n1. The first-order valence-corrected chi connectivity index (χ1v) is 13.9. The van der Waals surface area contributed by atoms with Gasteiger partial charge in [-0.15, -0.1) is 0 Å². The van der Waals surface area contributed by atoms with Crippen molar-refractivity contribution in [3.8, 4) is 23.2 Å². The zero-order chi connectivity index (χ0) is 27.1. The summed E-state index contributed by atoms with van der Waals surface area (Å²) in [4.78, 5) is 20.1. The monoisotopic (exact) mass is 589 g/mol. The summed E-state index contributed by atoms with van der Waals surface area (Å²) in [5.74, 6) is 1.99. The van der Waals surface area contributed by atoms with Gasteiger partial charge in [0, 0.05) is 49.5 Å². The molecule has 0 bridgehead atoms. The number of anilines is 1. The van der Waals surface area contributed by atoms with Crippen LogP contribution >= 0.6 is 15.9 Å². The Morgan fingerprint density at radius 1 is 1.18 bits per heavy atom. The van der Waals surface area contributed by atoms with Gasteiger partial charge < -0.3 is 23.5 Å². The van der Waals surface area contributed by atoms with E-state index < -0.39 is 0 Å². The molecule has 0 spiro atoms. The number of aryl methyl sites for hydroxylation is 2. The van der Waals surface area contributed by atoms with E-state index in [1.165, 1.54) is 4.57 Å². The van der Waals surface area contributed by atoms with Gasteiger partial charge in [-0.1, -0.05) is 29.4 Å². The Kier molecular flexibility index (Phi) is 6.87. The van der Waals surface area contributed by atoms with Crippen molar-refractivity contribution in [2.75, 3.05) is 31.2 Å². The maximum absolute atomic E-state index is 13.3. The van der Waals surface area contributed by atoms with Crippen molar-refractivity contribution in [2.45, 2.75) is 38.2 Å². The molecule has 2 saturated heterocycles. The minimum absolute atomic E-state index is 0.0244. The standard InChI is InChI=1S/C29H28BrN5O4/c1-17-5-3-4-6-20(17)27-32-28(39-33-27)18-7-10-35(11-8-18)26-21-13-23(30)25(38-19-9-12-37-16-19)14-24(21)34(2)29(36)22(26)15-31/h3-6,13-14,18-19H,7-12,16H2,1-2H3. The molecule has 200 valence electrons. The van der Waals surface area contributed by atoms with E-state index in [0.717, 1.165) is 40.2 Å². The molecule has 2 aliphatic heterocycles. The van der Waals surface area contributed by atoms with Gasteiger partial charge in [-0.25, -0.2) is 0 Å². The maximum Gasteiger partial charge on any atom is 0.270 e. The molecule has 6 rings (SSSR count). The number of halogens is 1. The largest absolute Gasteiger partial charge is 0.487 e. The number of nitrogens with zero attached hydrogens (tertiary/aromatic N) is 5. The normalized spacial score (nSPS) is 18.0. The van der Waals surface area contributed by atoms with Crippen LogP contribution in [-0.4, -0.2) is 47.1 Å². The second-order valence-corrected chi connectivity index (χ2v) is 11.0.